The SMILES string of the molecule is CCCN(CCCOc1ccc(S(C)(=O)=O)cc1)CC(=O)O. The van der Waals surface area contributed by atoms with Gasteiger partial charge in [-0.15, -0.1) is 0 Å². The normalized spacial score (nSPS) is 11.6. The molecular formula is C15H23NO5S. The fraction of sp³-hybridized carbons (Fsp3) is 0.533. The van der Waals surface area contributed by atoms with Crippen molar-refractivity contribution in [1.29, 1.82) is 0 Å². The Morgan fingerprint density at radius 3 is 2.36 bits per heavy atom. The number of sulfone groups is 1. The van der Waals surface area contributed by atoms with E-state index in [0.29, 0.717) is 25.3 Å². The van der Waals surface area contributed by atoms with Crippen LogP contribution < -0.4 is 4.74 Å². The Morgan fingerprint density at radius 1 is 1.23 bits per heavy atom. The fourth-order valence-corrected chi connectivity index (χ4v) is 2.67. The van der Waals surface area contributed by atoms with Gasteiger partial charge in [-0.1, -0.05) is 6.92 Å². The van der Waals surface area contributed by atoms with Gasteiger partial charge < -0.3 is 9.84 Å². The van der Waals surface area contributed by atoms with Crippen molar-refractivity contribution in [1.82, 2.24) is 4.90 Å². The highest BCUT2D eigenvalue weighted by Gasteiger charge is 2.09. The molecule has 0 bridgehead atoms. The molecule has 0 saturated carbocycles. The largest absolute Gasteiger partial charge is 0.494 e. The van der Waals surface area contributed by atoms with Crippen molar-refractivity contribution in [3.05, 3.63) is 24.3 Å². The molecule has 0 fully saturated rings. The van der Waals surface area contributed by atoms with E-state index in [9.17, 15) is 13.2 Å². The van der Waals surface area contributed by atoms with Crippen LogP contribution in [0.4, 0.5) is 0 Å². The molecule has 1 N–H and O–H groups in total. The summed E-state index contributed by atoms with van der Waals surface area (Å²) < 4.78 is 28.2. The Labute approximate surface area is 131 Å². The number of rotatable bonds is 10. The van der Waals surface area contributed by atoms with Crippen molar-refractivity contribution in [3.8, 4) is 5.75 Å². The van der Waals surface area contributed by atoms with E-state index >= 15 is 0 Å². The molecule has 22 heavy (non-hydrogen) atoms. The lowest BCUT2D eigenvalue weighted by Gasteiger charge is -2.19. The van der Waals surface area contributed by atoms with Gasteiger partial charge in [0.25, 0.3) is 0 Å². The molecule has 0 unspecified atom stereocenters. The molecule has 6 nitrogen and oxygen atoms in total. The molecule has 1 aromatic carbocycles. The zero-order valence-electron chi connectivity index (χ0n) is 13.0. The lowest BCUT2D eigenvalue weighted by Crippen LogP contribution is -2.32. The first-order valence-corrected chi connectivity index (χ1v) is 9.09. The van der Waals surface area contributed by atoms with Crippen LogP contribution in [-0.2, 0) is 14.6 Å². The van der Waals surface area contributed by atoms with Crippen molar-refractivity contribution in [3.63, 3.8) is 0 Å². The van der Waals surface area contributed by atoms with Crippen LogP contribution in [0.5, 0.6) is 5.75 Å². The molecule has 0 aliphatic carbocycles. The average molecular weight is 329 g/mol. The molecule has 124 valence electrons. The number of hydrogen-bond acceptors (Lipinski definition) is 5. The first-order valence-electron chi connectivity index (χ1n) is 7.20. The van der Waals surface area contributed by atoms with Gasteiger partial charge in [-0.05, 0) is 43.7 Å². The predicted molar refractivity (Wildman–Crippen MR) is 84.0 cm³/mol. The zero-order chi connectivity index (χ0) is 16.6. The maximum absolute atomic E-state index is 11.3. The molecule has 0 amide bonds. The summed E-state index contributed by atoms with van der Waals surface area (Å²) in [6.07, 6.45) is 2.77. The molecule has 0 aliphatic heterocycles. The Hall–Kier alpha value is -1.60. The van der Waals surface area contributed by atoms with E-state index in [1.54, 1.807) is 12.1 Å². The van der Waals surface area contributed by atoms with E-state index in [2.05, 4.69) is 0 Å². The van der Waals surface area contributed by atoms with Crippen LogP contribution in [0.1, 0.15) is 19.8 Å². The molecule has 0 saturated heterocycles. The third-order valence-corrected chi connectivity index (χ3v) is 4.17. The quantitative estimate of drug-likeness (QED) is 0.657. The summed E-state index contributed by atoms with van der Waals surface area (Å²) in [6, 6.07) is 6.27. The van der Waals surface area contributed by atoms with E-state index in [1.165, 1.54) is 12.1 Å². The number of hydrogen-bond donors (Lipinski definition) is 1. The molecule has 1 rings (SSSR count). The van der Waals surface area contributed by atoms with Crippen molar-refractivity contribution in [2.75, 3.05) is 32.5 Å². The van der Waals surface area contributed by atoms with Crippen molar-refractivity contribution in [2.24, 2.45) is 0 Å². The molecule has 0 aliphatic rings. The van der Waals surface area contributed by atoms with Gasteiger partial charge in [0, 0.05) is 12.8 Å². The van der Waals surface area contributed by atoms with Gasteiger partial charge in [0.15, 0.2) is 9.84 Å². The number of aliphatic carboxylic acids is 1. The third kappa shape index (κ3) is 6.91. The smallest absolute Gasteiger partial charge is 0.317 e. The van der Waals surface area contributed by atoms with Crippen LogP contribution >= 0.6 is 0 Å². The standard InChI is InChI=1S/C15H23NO5S/c1-3-9-16(12-15(17)18)10-4-11-21-13-5-7-14(8-6-13)22(2,19)20/h5-8H,3-4,9-12H2,1-2H3,(H,17,18). The minimum atomic E-state index is -3.19. The van der Waals surface area contributed by atoms with Gasteiger partial charge in [0.2, 0.25) is 0 Å². The monoisotopic (exact) mass is 329 g/mol. The molecule has 0 atom stereocenters. The van der Waals surface area contributed by atoms with E-state index in [-0.39, 0.29) is 11.4 Å². The lowest BCUT2D eigenvalue weighted by atomic mass is 10.3. The molecule has 0 spiro atoms. The van der Waals surface area contributed by atoms with Crippen molar-refractivity contribution < 1.29 is 23.1 Å². The lowest BCUT2D eigenvalue weighted by molar-refractivity contribution is -0.138. The Balaban J connectivity index is 2.39. The summed E-state index contributed by atoms with van der Waals surface area (Å²) >= 11 is 0. The van der Waals surface area contributed by atoms with Crippen molar-refractivity contribution in [2.45, 2.75) is 24.7 Å². The van der Waals surface area contributed by atoms with Gasteiger partial charge in [0.05, 0.1) is 18.0 Å². The number of carboxylic acid groups (broad SMARTS) is 1. The summed E-state index contributed by atoms with van der Waals surface area (Å²) in [4.78, 5) is 12.9. The minimum Gasteiger partial charge on any atom is -0.494 e. The van der Waals surface area contributed by atoms with Crippen LogP contribution in [0, 0.1) is 0 Å². The summed E-state index contributed by atoms with van der Waals surface area (Å²) in [5.41, 5.74) is 0. The van der Waals surface area contributed by atoms with Gasteiger partial charge in [-0.25, -0.2) is 8.42 Å². The highest BCUT2D eigenvalue weighted by atomic mass is 32.2. The second-order valence-corrected chi connectivity index (χ2v) is 7.13. The Kier molecular flexibility index (Phi) is 7.34. The van der Waals surface area contributed by atoms with Crippen molar-refractivity contribution >= 4 is 15.8 Å². The number of ether oxygens (including phenoxy) is 1. The van der Waals surface area contributed by atoms with Crippen LogP contribution in [0.3, 0.4) is 0 Å². The number of carbonyl (C=O) groups is 1. The maximum atomic E-state index is 11.3. The summed E-state index contributed by atoms with van der Waals surface area (Å²) in [7, 11) is -3.19. The molecule has 0 radical (unpaired) electrons. The highest BCUT2D eigenvalue weighted by Crippen LogP contribution is 2.15. The van der Waals surface area contributed by atoms with E-state index < -0.39 is 15.8 Å². The molecule has 0 aromatic heterocycles. The van der Waals surface area contributed by atoms with E-state index in [0.717, 1.165) is 19.2 Å². The zero-order valence-corrected chi connectivity index (χ0v) is 13.8. The first-order chi connectivity index (χ1) is 10.3. The Morgan fingerprint density at radius 2 is 1.86 bits per heavy atom. The number of carboxylic acids is 1. The van der Waals surface area contributed by atoms with E-state index in [1.807, 2.05) is 11.8 Å². The second kappa shape index (κ2) is 8.75. The number of benzene rings is 1. The van der Waals surface area contributed by atoms with Gasteiger partial charge in [-0.2, -0.15) is 0 Å². The second-order valence-electron chi connectivity index (χ2n) is 5.12. The number of nitrogens with zero attached hydrogens (tertiary/aromatic N) is 1. The summed E-state index contributed by atoms with van der Waals surface area (Å²) in [6.45, 7) is 3.90. The van der Waals surface area contributed by atoms with Crippen LogP contribution in [-0.4, -0.2) is 56.9 Å². The molecule has 0 heterocycles. The van der Waals surface area contributed by atoms with Gasteiger partial charge >= 0.3 is 5.97 Å². The Bertz CT molecular complexity index is 568. The predicted octanol–water partition coefficient (Wildman–Crippen LogP) is 1.66. The van der Waals surface area contributed by atoms with E-state index in [4.69, 9.17) is 9.84 Å². The average Bonchev–Trinajstić information content (AvgIpc) is 2.42. The molecule has 1 aromatic rings. The summed E-state index contributed by atoms with van der Waals surface area (Å²) in [5.74, 6) is -0.224. The highest BCUT2D eigenvalue weighted by molar-refractivity contribution is 7.90. The van der Waals surface area contributed by atoms with Crippen LogP contribution in [0.15, 0.2) is 29.2 Å². The first kappa shape index (κ1) is 18.4. The minimum absolute atomic E-state index is 0.0386. The maximum Gasteiger partial charge on any atom is 0.317 e. The third-order valence-electron chi connectivity index (χ3n) is 3.04. The topological polar surface area (TPSA) is 83.9 Å². The molecule has 7 heteroatoms. The van der Waals surface area contributed by atoms with Crippen LogP contribution in [0.25, 0.3) is 0 Å². The van der Waals surface area contributed by atoms with Crippen LogP contribution in [0.2, 0.25) is 0 Å². The van der Waals surface area contributed by atoms with Gasteiger partial charge in [-0.3, -0.25) is 9.69 Å². The fourth-order valence-electron chi connectivity index (χ4n) is 2.04. The molecular weight excluding hydrogens is 306 g/mol. The van der Waals surface area contributed by atoms with Gasteiger partial charge in [0.1, 0.15) is 5.75 Å². The summed E-state index contributed by atoms with van der Waals surface area (Å²) in [5, 5.41) is 8.81.